The van der Waals surface area contributed by atoms with Crippen molar-refractivity contribution < 1.29 is 34.2 Å². The van der Waals surface area contributed by atoms with Crippen molar-refractivity contribution in [3.05, 3.63) is 0 Å². The lowest BCUT2D eigenvalue weighted by atomic mass is 10.1. The molecule has 4 unspecified atom stereocenters. The smallest absolute Gasteiger partial charge is 0.326 e. The fraction of sp³-hybridized carbons (Fsp3) is 0.722. The Kier molecular flexibility index (Phi) is 11.5. The number of aliphatic carboxylic acids is 1. The first kappa shape index (κ1) is 26.3. The summed E-state index contributed by atoms with van der Waals surface area (Å²) in [6.07, 6.45) is 2.00. The van der Waals surface area contributed by atoms with Crippen molar-refractivity contribution in [2.45, 2.75) is 62.7 Å². The van der Waals surface area contributed by atoms with E-state index in [0.717, 1.165) is 6.42 Å². The summed E-state index contributed by atoms with van der Waals surface area (Å²) >= 11 is 0. The van der Waals surface area contributed by atoms with E-state index in [-0.39, 0.29) is 6.42 Å². The molecule has 4 atom stereocenters. The molecule has 0 aromatic heterocycles. The molecule has 0 aromatic carbocycles. The highest BCUT2D eigenvalue weighted by Crippen LogP contribution is 2.06. The Balaban J connectivity index is 2.75. The van der Waals surface area contributed by atoms with Gasteiger partial charge in [-0.15, -0.1) is 0 Å². The molecule has 31 heavy (non-hydrogen) atoms. The van der Waals surface area contributed by atoms with E-state index in [2.05, 4.69) is 21.3 Å². The van der Waals surface area contributed by atoms with Crippen LogP contribution >= 0.6 is 0 Å². The lowest BCUT2D eigenvalue weighted by Crippen LogP contribution is -2.58. The summed E-state index contributed by atoms with van der Waals surface area (Å²) in [4.78, 5) is 59.9. The van der Waals surface area contributed by atoms with E-state index in [4.69, 9.17) is 11.5 Å². The predicted octanol–water partition coefficient (Wildman–Crippen LogP) is -3.73. The van der Waals surface area contributed by atoms with Crippen LogP contribution in [0.3, 0.4) is 0 Å². The van der Waals surface area contributed by atoms with Crippen molar-refractivity contribution in [1.29, 1.82) is 0 Å². The van der Waals surface area contributed by atoms with Crippen LogP contribution in [0.25, 0.3) is 0 Å². The molecule has 1 rings (SSSR count). The zero-order valence-corrected chi connectivity index (χ0v) is 17.3. The Morgan fingerprint density at radius 2 is 1.65 bits per heavy atom. The maximum absolute atomic E-state index is 12.6. The second kappa shape index (κ2) is 13.5. The molecule has 10 N–H and O–H groups in total. The van der Waals surface area contributed by atoms with Gasteiger partial charge in [-0.05, 0) is 45.2 Å². The molecule has 1 aliphatic rings. The van der Waals surface area contributed by atoms with Crippen molar-refractivity contribution in [2.75, 3.05) is 19.7 Å². The highest BCUT2D eigenvalue weighted by atomic mass is 16.4. The summed E-state index contributed by atoms with van der Waals surface area (Å²) in [5, 5.41) is 28.6. The number of carbonyl (C=O) groups is 5. The van der Waals surface area contributed by atoms with Crippen molar-refractivity contribution >= 4 is 29.6 Å². The number of hydrogen-bond donors (Lipinski definition) is 8. The van der Waals surface area contributed by atoms with Crippen LogP contribution in [-0.2, 0) is 24.0 Å². The summed E-state index contributed by atoms with van der Waals surface area (Å²) in [6.45, 7) is 0.195. The number of amides is 4. The molecule has 0 radical (unpaired) electrons. The molecule has 4 amide bonds. The normalized spacial score (nSPS) is 18.5. The van der Waals surface area contributed by atoms with E-state index in [1.165, 1.54) is 0 Å². The third-order valence-corrected chi connectivity index (χ3v) is 4.79. The number of nitrogens with one attached hydrogen (secondary N) is 4. The van der Waals surface area contributed by atoms with Gasteiger partial charge in [0.2, 0.25) is 23.6 Å². The van der Waals surface area contributed by atoms with Crippen LogP contribution < -0.4 is 32.7 Å². The summed E-state index contributed by atoms with van der Waals surface area (Å²) < 4.78 is 0. The topological polar surface area (TPSA) is 226 Å². The van der Waals surface area contributed by atoms with E-state index in [1.54, 1.807) is 0 Å². The standard InChI is InChI=1S/C18H32N6O7/c19-6-2-1-4-11(18(30)31)22-17(29)13(9-25)24-16(28)12(8-14(20)26)23-15(27)10-5-3-7-21-10/h10-13,21,25H,1-9,19H2,(H2,20,26)(H,22,29)(H,23,27)(H,24,28)(H,30,31). The van der Waals surface area contributed by atoms with Gasteiger partial charge < -0.3 is 42.9 Å². The Hall–Kier alpha value is -2.77. The number of hydrogen-bond acceptors (Lipinski definition) is 8. The highest BCUT2D eigenvalue weighted by Gasteiger charge is 2.31. The minimum atomic E-state index is -1.49. The van der Waals surface area contributed by atoms with E-state index < -0.39 is 66.8 Å². The average molecular weight is 444 g/mol. The number of unbranched alkanes of at least 4 members (excludes halogenated alkanes) is 1. The van der Waals surface area contributed by atoms with Gasteiger partial charge in [0.15, 0.2) is 0 Å². The van der Waals surface area contributed by atoms with Gasteiger partial charge in [0.25, 0.3) is 0 Å². The molecule has 1 heterocycles. The second-order valence-electron chi connectivity index (χ2n) is 7.31. The Bertz CT molecular complexity index is 653. The van der Waals surface area contributed by atoms with Gasteiger partial charge >= 0.3 is 5.97 Å². The van der Waals surface area contributed by atoms with E-state index in [0.29, 0.717) is 32.4 Å². The molecular formula is C18H32N6O7. The Morgan fingerprint density at radius 3 is 2.16 bits per heavy atom. The minimum Gasteiger partial charge on any atom is -0.480 e. The number of nitrogens with two attached hydrogens (primary N) is 2. The first-order valence-electron chi connectivity index (χ1n) is 10.2. The Morgan fingerprint density at radius 1 is 1.00 bits per heavy atom. The molecule has 176 valence electrons. The molecule has 13 heteroatoms. The van der Waals surface area contributed by atoms with Crippen LogP contribution in [0.1, 0.15) is 38.5 Å². The molecule has 1 fully saturated rings. The van der Waals surface area contributed by atoms with Crippen molar-refractivity contribution in [3.8, 4) is 0 Å². The molecule has 1 saturated heterocycles. The van der Waals surface area contributed by atoms with Crippen LogP contribution in [0.15, 0.2) is 0 Å². The third-order valence-electron chi connectivity index (χ3n) is 4.79. The fourth-order valence-electron chi connectivity index (χ4n) is 3.08. The van der Waals surface area contributed by atoms with Gasteiger partial charge in [-0.25, -0.2) is 4.79 Å². The van der Waals surface area contributed by atoms with Gasteiger partial charge in [-0.2, -0.15) is 0 Å². The number of primary amides is 1. The maximum atomic E-state index is 12.6. The summed E-state index contributed by atoms with van der Waals surface area (Å²) in [5.41, 5.74) is 10.5. The quantitative estimate of drug-likeness (QED) is 0.123. The summed E-state index contributed by atoms with van der Waals surface area (Å²) in [6, 6.07) is -4.57. The zero-order chi connectivity index (χ0) is 23.4. The molecule has 13 nitrogen and oxygen atoms in total. The average Bonchev–Trinajstić information content (AvgIpc) is 3.25. The largest absolute Gasteiger partial charge is 0.480 e. The number of carboxylic acid groups (broad SMARTS) is 1. The molecule has 0 aliphatic carbocycles. The van der Waals surface area contributed by atoms with Gasteiger partial charge in [-0.1, -0.05) is 0 Å². The number of rotatable bonds is 14. The van der Waals surface area contributed by atoms with Crippen molar-refractivity contribution in [1.82, 2.24) is 21.3 Å². The van der Waals surface area contributed by atoms with E-state index in [9.17, 15) is 34.2 Å². The number of carboxylic acids is 1. The fourth-order valence-corrected chi connectivity index (χ4v) is 3.08. The minimum absolute atomic E-state index is 0.124. The van der Waals surface area contributed by atoms with Crippen LogP contribution in [-0.4, -0.2) is 83.7 Å². The zero-order valence-electron chi connectivity index (χ0n) is 17.3. The summed E-state index contributed by atoms with van der Waals surface area (Å²) in [5.74, 6) is -4.44. The molecule has 0 spiro atoms. The molecular weight excluding hydrogens is 412 g/mol. The second-order valence-corrected chi connectivity index (χ2v) is 7.31. The monoisotopic (exact) mass is 444 g/mol. The van der Waals surface area contributed by atoms with E-state index >= 15 is 0 Å². The van der Waals surface area contributed by atoms with Crippen molar-refractivity contribution in [3.63, 3.8) is 0 Å². The van der Waals surface area contributed by atoms with Crippen LogP contribution in [0.4, 0.5) is 0 Å². The number of carbonyl (C=O) groups excluding carboxylic acids is 4. The van der Waals surface area contributed by atoms with Gasteiger partial charge in [0.05, 0.1) is 19.1 Å². The third kappa shape index (κ3) is 9.27. The molecule has 1 aliphatic heterocycles. The molecule has 0 aromatic rings. The molecule has 0 saturated carbocycles. The van der Waals surface area contributed by atoms with Gasteiger partial charge in [0.1, 0.15) is 18.1 Å². The SMILES string of the molecule is NCCCCC(NC(=O)C(CO)NC(=O)C(CC(N)=O)NC(=O)C1CCCN1)C(=O)O. The first-order valence-corrected chi connectivity index (χ1v) is 10.2. The van der Waals surface area contributed by atoms with Gasteiger partial charge in [0, 0.05) is 0 Å². The van der Waals surface area contributed by atoms with Crippen LogP contribution in [0.5, 0.6) is 0 Å². The lowest BCUT2D eigenvalue weighted by molar-refractivity contribution is -0.143. The van der Waals surface area contributed by atoms with Crippen LogP contribution in [0.2, 0.25) is 0 Å². The van der Waals surface area contributed by atoms with Crippen LogP contribution in [0, 0.1) is 0 Å². The van der Waals surface area contributed by atoms with Gasteiger partial charge in [-0.3, -0.25) is 19.2 Å². The maximum Gasteiger partial charge on any atom is 0.326 e. The number of aliphatic hydroxyl groups excluding tert-OH is 1. The molecule has 0 bridgehead atoms. The van der Waals surface area contributed by atoms with E-state index in [1.807, 2.05) is 0 Å². The number of aliphatic hydroxyl groups is 1. The highest BCUT2D eigenvalue weighted by molar-refractivity contribution is 5.96. The predicted molar refractivity (Wildman–Crippen MR) is 108 cm³/mol. The van der Waals surface area contributed by atoms with Crippen molar-refractivity contribution in [2.24, 2.45) is 11.5 Å². The Labute approximate surface area is 179 Å². The first-order chi connectivity index (χ1) is 14.7. The lowest BCUT2D eigenvalue weighted by Gasteiger charge is -2.23. The summed E-state index contributed by atoms with van der Waals surface area (Å²) in [7, 11) is 0.